The molecule has 126 valence electrons. The minimum absolute atomic E-state index is 0.0640. The van der Waals surface area contributed by atoms with Crippen LogP contribution in [0.25, 0.3) is 28.4 Å². The molecule has 3 aliphatic rings. The van der Waals surface area contributed by atoms with Crippen molar-refractivity contribution < 1.29 is 9.53 Å². The highest BCUT2D eigenvalue weighted by molar-refractivity contribution is 5.96. The van der Waals surface area contributed by atoms with Crippen molar-refractivity contribution in [2.75, 3.05) is 0 Å². The standard InChI is InChI=1S/C21H14N2O3/c24-18-8-12-7-17-20-14(9-23(17)21(25)15(12)10-26-18)13-5-1-3-11-4-2-6-16(22-20)19(11)13/h1-4,6-7H,5,8-10H2. The van der Waals surface area contributed by atoms with Crippen molar-refractivity contribution in [3.05, 3.63) is 68.5 Å². The first-order valence-electron chi connectivity index (χ1n) is 8.73. The zero-order valence-corrected chi connectivity index (χ0v) is 13.9. The molecule has 0 atom stereocenters. The van der Waals surface area contributed by atoms with Gasteiger partial charge in [-0.05, 0) is 35.2 Å². The molecular weight excluding hydrogens is 328 g/mol. The molecular formula is C21H14N2O3. The van der Waals surface area contributed by atoms with Crippen LogP contribution in [-0.2, 0) is 35.5 Å². The lowest BCUT2D eigenvalue weighted by Crippen LogP contribution is -2.30. The van der Waals surface area contributed by atoms with Crippen LogP contribution in [0.2, 0.25) is 0 Å². The molecule has 0 spiro atoms. The van der Waals surface area contributed by atoms with Gasteiger partial charge in [0.15, 0.2) is 0 Å². The minimum Gasteiger partial charge on any atom is -0.460 e. The van der Waals surface area contributed by atoms with Gasteiger partial charge < -0.3 is 9.30 Å². The Morgan fingerprint density at radius 3 is 2.96 bits per heavy atom. The number of cyclic esters (lactones) is 1. The summed E-state index contributed by atoms with van der Waals surface area (Å²) in [5, 5.41) is 1.19. The Bertz CT molecular complexity index is 1250. The Kier molecular flexibility index (Phi) is 2.53. The number of hydrogen-bond acceptors (Lipinski definition) is 4. The van der Waals surface area contributed by atoms with Crippen LogP contribution in [0.3, 0.4) is 0 Å². The van der Waals surface area contributed by atoms with Gasteiger partial charge in [0.2, 0.25) is 0 Å². The summed E-state index contributed by atoms with van der Waals surface area (Å²) in [5.41, 5.74) is 7.52. The number of esters is 1. The van der Waals surface area contributed by atoms with Gasteiger partial charge in [0.05, 0.1) is 35.4 Å². The fraction of sp³-hybridized carbons (Fsp3) is 0.190. The largest absolute Gasteiger partial charge is 0.460 e. The fourth-order valence-electron chi connectivity index (χ4n) is 4.43. The van der Waals surface area contributed by atoms with Crippen LogP contribution in [0.5, 0.6) is 0 Å². The first kappa shape index (κ1) is 14.0. The van der Waals surface area contributed by atoms with Crippen LogP contribution in [0.4, 0.5) is 0 Å². The van der Waals surface area contributed by atoms with Crippen LogP contribution in [-0.4, -0.2) is 15.5 Å². The number of carbonyl (C=O) groups excluding carboxylic acids is 1. The molecule has 5 heteroatoms. The van der Waals surface area contributed by atoms with Crippen molar-refractivity contribution >= 4 is 22.9 Å². The quantitative estimate of drug-likeness (QED) is 0.461. The van der Waals surface area contributed by atoms with E-state index in [2.05, 4.69) is 18.2 Å². The van der Waals surface area contributed by atoms with Gasteiger partial charge in [-0.2, -0.15) is 0 Å². The lowest BCUT2D eigenvalue weighted by molar-refractivity contribution is -0.145. The number of benzene rings is 1. The SMILES string of the molecule is O=C1Cc2cc3n(c(=O)c2CO1)Cc1c-3nc2cccc3c2c1CC=C3. The minimum atomic E-state index is -0.281. The van der Waals surface area contributed by atoms with Crippen molar-refractivity contribution in [2.45, 2.75) is 26.0 Å². The summed E-state index contributed by atoms with van der Waals surface area (Å²) in [6.45, 7) is 0.601. The lowest BCUT2D eigenvalue weighted by atomic mass is 9.91. The Hall–Kier alpha value is -3.21. The van der Waals surface area contributed by atoms with Gasteiger partial charge in [0.25, 0.3) is 5.56 Å². The average Bonchev–Trinajstić information content (AvgIpc) is 3.01. The van der Waals surface area contributed by atoms with Crippen LogP contribution < -0.4 is 5.56 Å². The predicted molar refractivity (Wildman–Crippen MR) is 96.8 cm³/mol. The predicted octanol–water partition coefficient (Wildman–Crippen LogP) is 2.59. The van der Waals surface area contributed by atoms with Gasteiger partial charge in [-0.1, -0.05) is 24.3 Å². The fourth-order valence-corrected chi connectivity index (χ4v) is 4.43. The van der Waals surface area contributed by atoms with Crippen molar-refractivity contribution in [2.24, 2.45) is 0 Å². The molecule has 6 rings (SSSR count). The highest BCUT2D eigenvalue weighted by atomic mass is 16.5. The monoisotopic (exact) mass is 342 g/mol. The van der Waals surface area contributed by atoms with Gasteiger partial charge in [-0.15, -0.1) is 0 Å². The topological polar surface area (TPSA) is 61.2 Å². The number of fused-ring (bicyclic) bond motifs is 5. The molecule has 0 N–H and O–H groups in total. The molecule has 1 aliphatic carbocycles. The maximum absolute atomic E-state index is 13.0. The number of allylic oxidation sites excluding steroid dienone is 1. The molecule has 0 saturated carbocycles. The third-order valence-corrected chi connectivity index (χ3v) is 5.64. The van der Waals surface area contributed by atoms with E-state index in [-0.39, 0.29) is 24.6 Å². The summed E-state index contributed by atoms with van der Waals surface area (Å²) < 4.78 is 6.86. The zero-order chi connectivity index (χ0) is 17.4. The number of rotatable bonds is 0. The smallest absolute Gasteiger partial charge is 0.310 e. The average molecular weight is 342 g/mol. The summed E-state index contributed by atoms with van der Waals surface area (Å²) in [7, 11) is 0. The van der Waals surface area contributed by atoms with E-state index in [1.807, 2.05) is 18.2 Å². The number of nitrogens with zero attached hydrogens (tertiary/aromatic N) is 2. The van der Waals surface area contributed by atoms with E-state index >= 15 is 0 Å². The number of aromatic nitrogens is 2. The molecule has 0 radical (unpaired) electrons. The highest BCUT2D eigenvalue weighted by Gasteiger charge is 2.30. The number of pyridine rings is 2. The number of ether oxygens (including phenoxy) is 1. The summed E-state index contributed by atoms with van der Waals surface area (Å²) >= 11 is 0. The maximum Gasteiger partial charge on any atom is 0.310 e. The molecule has 3 aromatic rings. The molecule has 0 unspecified atom stereocenters. The van der Waals surface area contributed by atoms with E-state index in [1.54, 1.807) is 4.57 Å². The van der Waals surface area contributed by atoms with E-state index in [1.165, 1.54) is 16.5 Å². The third kappa shape index (κ3) is 1.67. The van der Waals surface area contributed by atoms with Crippen LogP contribution in [0, 0.1) is 0 Å². The second kappa shape index (κ2) is 4.69. The van der Waals surface area contributed by atoms with E-state index in [9.17, 15) is 9.59 Å². The van der Waals surface area contributed by atoms with Crippen molar-refractivity contribution in [1.29, 1.82) is 0 Å². The van der Waals surface area contributed by atoms with Gasteiger partial charge in [-0.25, -0.2) is 4.98 Å². The van der Waals surface area contributed by atoms with Gasteiger partial charge >= 0.3 is 5.97 Å². The molecule has 26 heavy (non-hydrogen) atoms. The van der Waals surface area contributed by atoms with E-state index < -0.39 is 0 Å². The Morgan fingerprint density at radius 2 is 2.04 bits per heavy atom. The van der Waals surface area contributed by atoms with E-state index in [4.69, 9.17) is 9.72 Å². The van der Waals surface area contributed by atoms with Crippen molar-refractivity contribution in [3.63, 3.8) is 0 Å². The molecule has 1 aromatic carbocycles. The first-order chi connectivity index (χ1) is 12.7. The Labute approximate surface area is 148 Å². The van der Waals surface area contributed by atoms with E-state index in [0.29, 0.717) is 12.1 Å². The maximum atomic E-state index is 13.0. The van der Waals surface area contributed by atoms with Crippen LogP contribution in [0.1, 0.15) is 27.8 Å². The summed E-state index contributed by atoms with van der Waals surface area (Å²) in [4.78, 5) is 29.5. The van der Waals surface area contributed by atoms with Gasteiger partial charge in [0, 0.05) is 10.9 Å². The highest BCUT2D eigenvalue weighted by Crippen LogP contribution is 2.39. The zero-order valence-electron chi connectivity index (χ0n) is 13.9. The Morgan fingerprint density at radius 1 is 1.12 bits per heavy atom. The second-order valence-electron chi connectivity index (χ2n) is 7.03. The first-order valence-corrected chi connectivity index (χ1v) is 8.73. The summed E-state index contributed by atoms with van der Waals surface area (Å²) in [6, 6.07) is 8.10. The number of hydrogen-bond donors (Lipinski definition) is 0. The Balaban J connectivity index is 1.68. The molecule has 0 saturated heterocycles. The van der Waals surface area contributed by atoms with Crippen LogP contribution in [0.15, 0.2) is 35.1 Å². The molecule has 2 aromatic heterocycles. The molecule has 4 heterocycles. The van der Waals surface area contributed by atoms with Gasteiger partial charge in [0.1, 0.15) is 6.61 Å². The lowest BCUT2D eigenvalue weighted by Gasteiger charge is -2.17. The van der Waals surface area contributed by atoms with Crippen molar-refractivity contribution in [1.82, 2.24) is 9.55 Å². The van der Waals surface area contributed by atoms with E-state index in [0.717, 1.165) is 34.5 Å². The molecule has 0 bridgehead atoms. The molecule has 0 amide bonds. The molecule has 2 aliphatic heterocycles. The van der Waals surface area contributed by atoms with Gasteiger partial charge in [-0.3, -0.25) is 9.59 Å². The third-order valence-electron chi connectivity index (χ3n) is 5.64. The summed E-state index contributed by atoms with van der Waals surface area (Å²) in [5.74, 6) is -0.281. The number of carbonyl (C=O) groups is 1. The van der Waals surface area contributed by atoms with Crippen LogP contribution >= 0.6 is 0 Å². The molecule has 0 fully saturated rings. The second-order valence-corrected chi connectivity index (χ2v) is 7.03. The summed E-state index contributed by atoms with van der Waals surface area (Å²) in [6.07, 6.45) is 5.31. The van der Waals surface area contributed by atoms with Crippen molar-refractivity contribution in [3.8, 4) is 11.4 Å². The molecule has 5 nitrogen and oxygen atoms in total. The normalized spacial score (nSPS) is 16.2.